The zero-order valence-electron chi connectivity index (χ0n) is 9.36. The number of hydrogen-bond donors (Lipinski definition) is 0. The van der Waals surface area contributed by atoms with Crippen LogP contribution in [-0.4, -0.2) is 49.1 Å². The zero-order chi connectivity index (χ0) is 10.6. The van der Waals surface area contributed by atoms with Gasteiger partial charge in [0.2, 0.25) is 0 Å². The van der Waals surface area contributed by atoms with E-state index in [0.717, 1.165) is 24.6 Å². The lowest BCUT2D eigenvalue weighted by Gasteiger charge is -2.19. The van der Waals surface area contributed by atoms with Gasteiger partial charge in [0.15, 0.2) is 0 Å². The number of rotatable bonds is 4. The standard InChI is InChI=1S/C10H18N4/c1-9-7-12-10(8-11-9)14(4)6-5-13(2)3/h7-8H,5-6H2,1-4H3. The molecule has 0 saturated carbocycles. The molecule has 0 amide bonds. The smallest absolute Gasteiger partial charge is 0.146 e. The van der Waals surface area contributed by atoms with Crippen LogP contribution in [0.1, 0.15) is 5.69 Å². The summed E-state index contributed by atoms with van der Waals surface area (Å²) in [6.45, 7) is 3.92. The summed E-state index contributed by atoms with van der Waals surface area (Å²) in [6, 6.07) is 0. The molecule has 0 aromatic carbocycles. The first-order valence-corrected chi connectivity index (χ1v) is 4.74. The van der Waals surface area contributed by atoms with Crippen LogP contribution in [0.3, 0.4) is 0 Å². The molecule has 78 valence electrons. The van der Waals surface area contributed by atoms with Gasteiger partial charge < -0.3 is 9.80 Å². The van der Waals surface area contributed by atoms with Gasteiger partial charge in [-0.05, 0) is 21.0 Å². The van der Waals surface area contributed by atoms with E-state index in [9.17, 15) is 0 Å². The van der Waals surface area contributed by atoms with E-state index in [1.165, 1.54) is 0 Å². The van der Waals surface area contributed by atoms with Gasteiger partial charge >= 0.3 is 0 Å². The molecule has 0 aliphatic carbocycles. The molecule has 1 rings (SSSR count). The van der Waals surface area contributed by atoms with Crippen molar-refractivity contribution in [1.82, 2.24) is 14.9 Å². The molecule has 1 aromatic heterocycles. The average molecular weight is 194 g/mol. The van der Waals surface area contributed by atoms with Gasteiger partial charge in [0.1, 0.15) is 5.82 Å². The molecule has 0 aliphatic rings. The molecular formula is C10H18N4. The lowest BCUT2D eigenvalue weighted by molar-refractivity contribution is 0.416. The van der Waals surface area contributed by atoms with Crippen molar-refractivity contribution in [3.63, 3.8) is 0 Å². The van der Waals surface area contributed by atoms with Crippen molar-refractivity contribution in [3.05, 3.63) is 18.1 Å². The molecule has 0 saturated heterocycles. The monoisotopic (exact) mass is 194 g/mol. The Balaban J connectivity index is 2.52. The van der Waals surface area contributed by atoms with E-state index in [1.54, 1.807) is 6.20 Å². The van der Waals surface area contributed by atoms with Gasteiger partial charge in [-0.3, -0.25) is 4.98 Å². The summed E-state index contributed by atoms with van der Waals surface area (Å²) in [5, 5.41) is 0. The third-order valence-corrected chi connectivity index (χ3v) is 2.04. The van der Waals surface area contributed by atoms with Crippen molar-refractivity contribution in [3.8, 4) is 0 Å². The fourth-order valence-corrected chi connectivity index (χ4v) is 1.05. The minimum absolute atomic E-state index is 0.928. The van der Waals surface area contributed by atoms with E-state index in [2.05, 4.69) is 33.9 Å². The highest BCUT2D eigenvalue weighted by molar-refractivity contribution is 5.34. The van der Waals surface area contributed by atoms with Crippen LogP contribution >= 0.6 is 0 Å². The average Bonchev–Trinajstić information content (AvgIpc) is 2.15. The predicted octanol–water partition coefficient (Wildman–Crippen LogP) is 0.783. The Kier molecular flexibility index (Phi) is 3.83. The maximum absolute atomic E-state index is 4.30. The van der Waals surface area contributed by atoms with Crippen LogP contribution in [0.4, 0.5) is 5.82 Å². The molecular weight excluding hydrogens is 176 g/mol. The van der Waals surface area contributed by atoms with Crippen molar-refractivity contribution < 1.29 is 0 Å². The van der Waals surface area contributed by atoms with Crippen LogP contribution in [0.25, 0.3) is 0 Å². The second kappa shape index (κ2) is 4.91. The lowest BCUT2D eigenvalue weighted by atomic mass is 10.4. The maximum atomic E-state index is 4.30. The minimum Gasteiger partial charge on any atom is -0.357 e. The molecule has 0 bridgehead atoms. The third kappa shape index (κ3) is 3.30. The Morgan fingerprint density at radius 3 is 2.29 bits per heavy atom. The lowest BCUT2D eigenvalue weighted by Crippen LogP contribution is -2.29. The predicted molar refractivity (Wildman–Crippen MR) is 58.6 cm³/mol. The van der Waals surface area contributed by atoms with Crippen molar-refractivity contribution in [1.29, 1.82) is 0 Å². The molecule has 0 atom stereocenters. The number of hydrogen-bond acceptors (Lipinski definition) is 4. The van der Waals surface area contributed by atoms with E-state index in [0.29, 0.717) is 0 Å². The number of aromatic nitrogens is 2. The summed E-state index contributed by atoms with van der Waals surface area (Å²) in [6.07, 6.45) is 3.60. The van der Waals surface area contributed by atoms with Crippen LogP contribution < -0.4 is 4.90 Å². The van der Waals surface area contributed by atoms with E-state index in [1.807, 2.05) is 20.2 Å². The van der Waals surface area contributed by atoms with E-state index < -0.39 is 0 Å². The van der Waals surface area contributed by atoms with Crippen LogP contribution in [-0.2, 0) is 0 Å². The van der Waals surface area contributed by atoms with Crippen molar-refractivity contribution in [2.24, 2.45) is 0 Å². The molecule has 1 heterocycles. The maximum Gasteiger partial charge on any atom is 0.146 e. The van der Waals surface area contributed by atoms with Gasteiger partial charge in [-0.1, -0.05) is 0 Å². The van der Waals surface area contributed by atoms with Gasteiger partial charge in [-0.15, -0.1) is 0 Å². The molecule has 0 radical (unpaired) electrons. The minimum atomic E-state index is 0.928. The van der Waals surface area contributed by atoms with Crippen molar-refractivity contribution in [2.75, 3.05) is 39.1 Å². The molecule has 0 unspecified atom stereocenters. The Morgan fingerprint density at radius 2 is 1.79 bits per heavy atom. The normalized spacial score (nSPS) is 10.6. The quantitative estimate of drug-likeness (QED) is 0.709. The fraction of sp³-hybridized carbons (Fsp3) is 0.600. The molecule has 0 aliphatic heterocycles. The second-order valence-electron chi connectivity index (χ2n) is 3.74. The molecule has 1 aromatic rings. The summed E-state index contributed by atoms with van der Waals surface area (Å²) in [7, 11) is 6.16. The molecule has 4 nitrogen and oxygen atoms in total. The number of anilines is 1. The number of likely N-dealkylation sites (N-methyl/N-ethyl adjacent to an activating group) is 2. The molecule has 14 heavy (non-hydrogen) atoms. The van der Waals surface area contributed by atoms with Gasteiger partial charge in [0.05, 0.1) is 18.1 Å². The largest absolute Gasteiger partial charge is 0.357 e. The van der Waals surface area contributed by atoms with Crippen molar-refractivity contribution in [2.45, 2.75) is 6.92 Å². The molecule has 0 fully saturated rings. The Hall–Kier alpha value is -1.16. The van der Waals surface area contributed by atoms with Crippen LogP contribution in [0.2, 0.25) is 0 Å². The van der Waals surface area contributed by atoms with Crippen LogP contribution in [0, 0.1) is 6.92 Å². The van der Waals surface area contributed by atoms with Gasteiger partial charge in [0, 0.05) is 20.1 Å². The van der Waals surface area contributed by atoms with Gasteiger partial charge in [-0.2, -0.15) is 0 Å². The first-order valence-electron chi connectivity index (χ1n) is 4.74. The van der Waals surface area contributed by atoms with Gasteiger partial charge in [0.25, 0.3) is 0 Å². The van der Waals surface area contributed by atoms with Crippen LogP contribution in [0.5, 0.6) is 0 Å². The van der Waals surface area contributed by atoms with E-state index in [-0.39, 0.29) is 0 Å². The summed E-state index contributed by atoms with van der Waals surface area (Å²) < 4.78 is 0. The molecule has 0 N–H and O–H groups in total. The first-order chi connectivity index (χ1) is 6.59. The Morgan fingerprint density at radius 1 is 1.07 bits per heavy atom. The topological polar surface area (TPSA) is 32.3 Å². The summed E-state index contributed by atoms with van der Waals surface area (Å²) >= 11 is 0. The molecule has 4 heteroatoms. The van der Waals surface area contributed by atoms with E-state index >= 15 is 0 Å². The SMILES string of the molecule is Cc1cnc(N(C)CCN(C)C)cn1. The van der Waals surface area contributed by atoms with Crippen molar-refractivity contribution >= 4 is 5.82 Å². The Bertz CT molecular complexity index is 268. The second-order valence-corrected chi connectivity index (χ2v) is 3.74. The highest BCUT2D eigenvalue weighted by Crippen LogP contribution is 2.05. The van der Waals surface area contributed by atoms with Gasteiger partial charge in [-0.25, -0.2) is 4.98 Å². The summed E-state index contributed by atoms with van der Waals surface area (Å²) in [5.41, 5.74) is 0.953. The highest BCUT2D eigenvalue weighted by atomic mass is 15.2. The first kappa shape index (κ1) is 10.9. The zero-order valence-corrected chi connectivity index (χ0v) is 9.36. The fourth-order valence-electron chi connectivity index (χ4n) is 1.05. The number of nitrogens with zero attached hydrogens (tertiary/aromatic N) is 4. The van der Waals surface area contributed by atoms with E-state index in [4.69, 9.17) is 0 Å². The molecule has 0 spiro atoms. The number of aryl methyl sites for hydroxylation is 1. The van der Waals surface area contributed by atoms with Crippen LogP contribution in [0.15, 0.2) is 12.4 Å². The summed E-state index contributed by atoms with van der Waals surface area (Å²) in [5.74, 6) is 0.928. The highest BCUT2D eigenvalue weighted by Gasteiger charge is 2.02. The summed E-state index contributed by atoms with van der Waals surface area (Å²) in [4.78, 5) is 12.8. The Labute approximate surface area is 85.6 Å². The third-order valence-electron chi connectivity index (χ3n) is 2.04.